The number of benzene rings is 1. The van der Waals surface area contributed by atoms with Gasteiger partial charge in [0, 0.05) is 38.8 Å². The number of hydrogen-bond donors (Lipinski definition) is 3. The summed E-state index contributed by atoms with van der Waals surface area (Å²) in [5.41, 5.74) is 1.31. The highest BCUT2D eigenvalue weighted by Crippen LogP contribution is 2.13. The molecule has 1 aromatic rings. The van der Waals surface area contributed by atoms with Crippen molar-refractivity contribution in [1.29, 1.82) is 0 Å². The van der Waals surface area contributed by atoms with E-state index < -0.39 is 10.0 Å². The van der Waals surface area contributed by atoms with Gasteiger partial charge in [0.15, 0.2) is 0 Å². The Hall–Kier alpha value is -1.64. The molecule has 0 radical (unpaired) electrons. The van der Waals surface area contributed by atoms with Crippen molar-refractivity contribution in [2.45, 2.75) is 25.4 Å². The lowest BCUT2D eigenvalue weighted by Crippen LogP contribution is -2.48. The Morgan fingerprint density at radius 3 is 2.46 bits per heavy atom. The molecule has 0 aliphatic carbocycles. The van der Waals surface area contributed by atoms with E-state index in [1.807, 2.05) is 18.2 Å². The van der Waals surface area contributed by atoms with E-state index in [0.717, 1.165) is 38.7 Å². The highest BCUT2D eigenvalue weighted by Gasteiger charge is 2.20. The van der Waals surface area contributed by atoms with Crippen molar-refractivity contribution in [2.24, 2.45) is 0 Å². The summed E-state index contributed by atoms with van der Waals surface area (Å²) >= 11 is 0. The highest BCUT2D eigenvalue weighted by molar-refractivity contribution is 7.88. The fraction of sp³-hybridized carbons (Fsp3) is 0.562. The first kappa shape index (κ1) is 18.7. The van der Waals surface area contributed by atoms with Crippen LogP contribution in [0.15, 0.2) is 30.3 Å². The Bertz CT molecular complexity index is 613. The standard InChI is InChI=1S/C16H26N4O3S/c1-24(22,23)18-10-9-17-16(21)19-15-7-11-20(12-8-15)13-14-5-3-2-4-6-14/h2-6,15,18H,7-13H2,1H3,(H2,17,19,21). The second kappa shape index (κ2) is 9.00. The van der Waals surface area contributed by atoms with E-state index >= 15 is 0 Å². The molecule has 24 heavy (non-hydrogen) atoms. The smallest absolute Gasteiger partial charge is 0.315 e. The lowest BCUT2D eigenvalue weighted by atomic mass is 10.0. The SMILES string of the molecule is CS(=O)(=O)NCCNC(=O)NC1CCN(Cc2ccccc2)CC1. The molecule has 1 aliphatic rings. The van der Waals surface area contributed by atoms with Gasteiger partial charge >= 0.3 is 6.03 Å². The molecule has 1 heterocycles. The van der Waals surface area contributed by atoms with Gasteiger partial charge in [0.2, 0.25) is 10.0 Å². The van der Waals surface area contributed by atoms with Crippen LogP contribution < -0.4 is 15.4 Å². The van der Waals surface area contributed by atoms with E-state index in [1.54, 1.807) is 0 Å². The molecule has 0 spiro atoms. The van der Waals surface area contributed by atoms with E-state index in [2.05, 4.69) is 32.4 Å². The number of likely N-dealkylation sites (tertiary alicyclic amines) is 1. The number of carbonyl (C=O) groups excluding carboxylic acids is 1. The number of sulfonamides is 1. The second-order valence-corrected chi connectivity index (χ2v) is 7.94. The maximum Gasteiger partial charge on any atom is 0.315 e. The van der Waals surface area contributed by atoms with Crippen molar-refractivity contribution >= 4 is 16.1 Å². The van der Waals surface area contributed by atoms with Gasteiger partial charge in [0.05, 0.1) is 6.26 Å². The van der Waals surface area contributed by atoms with Crippen LogP contribution in [0.25, 0.3) is 0 Å². The van der Waals surface area contributed by atoms with Crippen LogP contribution >= 0.6 is 0 Å². The number of rotatable bonds is 7. The lowest BCUT2D eigenvalue weighted by molar-refractivity contribution is 0.186. The minimum Gasteiger partial charge on any atom is -0.337 e. The average molecular weight is 354 g/mol. The molecular formula is C16H26N4O3S. The summed E-state index contributed by atoms with van der Waals surface area (Å²) in [5, 5.41) is 5.61. The Balaban J connectivity index is 1.61. The van der Waals surface area contributed by atoms with E-state index in [9.17, 15) is 13.2 Å². The van der Waals surface area contributed by atoms with Crippen molar-refractivity contribution in [1.82, 2.24) is 20.3 Å². The summed E-state index contributed by atoms with van der Waals surface area (Å²) in [6.07, 6.45) is 2.93. The first-order valence-electron chi connectivity index (χ1n) is 8.18. The van der Waals surface area contributed by atoms with Gasteiger partial charge in [-0.05, 0) is 18.4 Å². The van der Waals surface area contributed by atoms with Gasteiger partial charge in [-0.2, -0.15) is 0 Å². The van der Waals surface area contributed by atoms with Crippen LogP contribution in [0.1, 0.15) is 18.4 Å². The zero-order chi connectivity index (χ0) is 17.4. The third kappa shape index (κ3) is 7.29. The maximum atomic E-state index is 11.8. The molecule has 0 bridgehead atoms. The molecule has 134 valence electrons. The van der Waals surface area contributed by atoms with Crippen molar-refractivity contribution < 1.29 is 13.2 Å². The third-order valence-electron chi connectivity index (χ3n) is 3.95. The molecule has 0 atom stereocenters. The van der Waals surface area contributed by atoms with E-state index in [0.29, 0.717) is 0 Å². The van der Waals surface area contributed by atoms with E-state index in [-0.39, 0.29) is 25.2 Å². The minimum absolute atomic E-state index is 0.167. The van der Waals surface area contributed by atoms with Gasteiger partial charge in [0.1, 0.15) is 0 Å². The van der Waals surface area contributed by atoms with Crippen LogP contribution in [-0.4, -0.2) is 57.8 Å². The summed E-state index contributed by atoms with van der Waals surface area (Å²) < 4.78 is 24.2. The maximum absolute atomic E-state index is 11.8. The average Bonchev–Trinajstić information content (AvgIpc) is 2.54. The topological polar surface area (TPSA) is 90.5 Å². The van der Waals surface area contributed by atoms with Crippen molar-refractivity contribution in [3.05, 3.63) is 35.9 Å². The Morgan fingerprint density at radius 1 is 1.17 bits per heavy atom. The summed E-state index contributed by atoms with van der Waals surface area (Å²) in [5.74, 6) is 0. The summed E-state index contributed by atoms with van der Waals surface area (Å²) in [6, 6.07) is 10.3. The zero-order valence-electron chi connectivity index (χ0n) is 14.0. The van der Waals surface area contributed by atoms with E-state index in [1.165, 1.54) is 5.56 Å². The van der Waals surface area contributed by atoms with Crippen LogP contribution in [0.2, 0.25) is 0 Å². The van der Waals surface area contributed by atoms with Gasteiger partial charge in [-0.15, -0.1) is 0 Å². The van der Waals surface area contributed by atoms with Gasteiger partial charge < -0.3 is 10.6 Å². The fourth-order valence-corrected chi connectivity index (χ4v) is 3.20. The quantitative estimate of drug-likeness (QED) is 0.622. The van der Waals surface area contributed by atoms with E-state index in [4.69, 9.17) is 0 Å². The Labute approximate surface area is 143 Å². The number of piperidine rings is 1. The predicted octanol–water partition coefficient (Wildman–Crippen LogP) is 0.499. The number of nitrogens with one attached hydrogen (secondary N) is 3. The molecule has 1 saturated heterocycles. The molecule has 7 nitrogen and oxygen atoms in total. The molecule has 1 aromatic carbocycles. The molecule has 1 fully saturated rings. The second-order valence-electron chi connectivity index (χ2n) is 6.10. The normalized spacial score (nSPS) is 16.7. The number of urea groups is 1. The molecule has 8 heteroatoms. The van der Waals surface area contributed by atoms with Crippen LogP contribution in [0, 0.1) is 0 Å². The summed E-state index contributed by atoms with van der Waals surface area (Å²) in [7, 11) is -3.21. The molecule has 0 saturated carbocycles. The molecule has 2 rings (SSSR count). The van der Waals surface area contributed by atoms with Crippen molar-refractivity contribution in [2.75, 3.05) is 32.4 Å². The van der Waals surface area contributed by atoms with Crippen molar-refractivity contribution in [3.63, 3.8) is 0 Å². The summed E-state index contributed by atoms with van der Waals surface area (Å²) in [6.45, 7) is 3.31. The molecule has 2 amide bonds. The van der Waals surface area contributed by atoms with Gasteiger partial charge in [0.25, 0.3) is 0 Å². The lowest BCUT2D eigenvalue weighted by Gasteiger charge is -2.32. The predicted molar refractivity (Wildman–Crippen MR) is 94.1 cm³/mol. The minimum atomic E-state index is -3.21. The molecular weight excluding hydrogens is 328 g/mol. The van der Waals surface area contributed by atoms with Gasteiger partial charge in [-0.1, -0.05) is 30.3 Å². The zero-order valence-corrected chi connectivity index (χ0v) is 14.8. The van der Waals surface area contributed by atoms with Crippen LogP contribution in [0.5, 0.6) is 0 Å². The molecule has 0 unspecified atom stereocenters. The number of carbonyl (C=O) groups is 1. The van der Waals surface area contributed by atoms with Crippen LogP contribution in [0.3, 0.4) is 0 Å². The molecule has 3 N–H and O–H groups in total. The van der Waals surface area contributed by atoms with Crippen molar-refractivity contribution in [3.8, 4) is 0 Å². The van der Waals surface area contributed by atoms with Gasteiger partial charge in [-0.25, -0.2) is 17.9 Å². The molecule has 1 aliphatic heterocycles. The number of hydrogen-bond acceptors (Lipinski definition) is 4. The fourth-order valence-electron chi connectivity index (χ4n) is 2.73. The van der Waals surface area contributed by atoms with Crippen LogP contribution in [0.4, 0.5) is 4.79 Å². The first-order chi connectivity index (χ1) is 11.4. The molecule has 0 aromatic heterocycles. The monoisotopic (exact) mass is 354 g/mol. The third-order valence-corrected chi connectivity index (χ3v) is 4.68. The van der Waals surface area contributed by atoms with Gasteiger partial charge in [-0.3, -0.25) is 4.90 Å². The Kier molecular flexibility index (Phi) is 7.01. The number of amides is 2. The Morgan fingerprint density at radius 2 is 1.83 bits per heavy atom. The largest absolute Gasteiger partial charge is 0.337 e. The first-order valence-corrected chi connectivity index (χ1v) is 10.1. The number of nitrogens with zero attached hydrogens (tertiary/aromatic N) is 1. The van der Waals surface area contributed by atoms with Crippen LogP contribution in [-0.2, 0) is 16.6 Å². The summed E-state index contributed by atoms with van der Waals surface area (Å²) in [4.78, 5) is 14.2. The highest BCUT2D eigenvalue weighted by atomic mass is 32.2.